The second kappa shape index (κ2) is 6.39. The summed E-state index contributed by atoms with van der Waals surface area (Å²) < 4.78 is 10.4. The first kappa shape index (κ1) is 14.9. The van der Waals surface area contributed by atoms with Gasteiger partial charge < -0.3 is 20.1 Å². The van der Waals surface area contributed by atoms with E-state index in [1.807, 2.05) is 12.1 Å². The lowest BCUT2D eigenvalue weighted by atomic mass is 10.1. The van der Waals surface area contributed by atoms with Crippen LogP contribution in [0.4, 0.5) is 5.69 Å². The number of methoxy groups -OCH3 is 1. The molecule has 3 rings (SSSR count). The van der Waals surface area contributed by atoms with Crippen LogP contribution in [0.25, 0.3) is 0 Å². The third-order valence-corrected chi connectivity index (χ3v) is 3.48. The first-order chi connectivity index (χ1) is 11.2. The molecule has 0 radical (unpaired) electrons. The molecule has 2 N–H and O–H groups in total. The van der Waals surface area contributed by atoms with Crippen LogP contribution in [0.1, 0.15) is 15.9 Å². The van der Waals surface area contributed by atoms with Gasteiger partial charge in [0.1, 0.15) is 11.5 Å². The van der Waals surface area contributed by atoms with Crippen LogP contribution in [0, 0.1) is 0 Å². The summed E-state index contributed by atoms with van der Waals surface area (Å²) >= 11 is 0. The van der Waals surface area contributed by atoms with Crippen LogP contribution in [0.3, 0.4) is 0 Å². The Balaban J connectivity index is 1.63. The van der Waals surface area contributed by atoms with Crippen LogP contribution in [0.15, 0.2) is 42.5 Å². The summed E-state index contributed by atoms with van der Waals surface area (Å²) in [6.07, 6.45) is 0. The summed E-state index contributed by atoms with van der Waals surface area (Å²) in [5.41, 5.74) is 2.10. The minimum Gasteiger partial charge on any atom is -0.497 e. The summed E-state index contributed by atoms with van der Waals surface area (Å²) in [6, 6.07) is 12.3. The maximum Gasteiger partial charge on any atom is 0.262 e. The standard InChI is InChI=1S/C17H16N2O4/c1-22-13-5-3-12(4-6-13)17(21)18-9-11-2-7-14-15(8-11)23-10-16(20)19-14/h2-8H,9-10H2,1H3,(H,18,21)(H,19,20). The van der Waals surface area contributed by atoms with Crippen LogP contribution < -0.4 is 20.1 Å². The lowest BCUT2D eigenvalue weighted by Gasteiger charge is -2.18. The second-order valence-corrected chi connectivity index (χ2v) is 5.08. The van der Waals surface area contributed by atoms with Gasteiger partial charge in [-0.2, -0.15) is 0 Å². The molecule has 0 saturated carbocycles. The van der Waals surface area contributed by atoms with E-state index in [9.17, 15) is 9.59 Å². The maximum atomic E-state index is 12.1. The Labute approximate surface area is 133 Å². The minimum atomic E-state index is -0.168. The molecule has 1 aliphatic heterocycles. The molecule has 0 atom stereocenters. The molecule has 0 saturated heterocycles. The van der Waals surface area contributed by atoms with Crippen molar-refractivity contribution in [2.24, 2.45) is 0 Å². The molecule has 6 nitrogen and oxygen atoms in total. The molecule has 1 heterocycles. The lowest BCUT2D eigenvalue weighted by molar-refractivity contribution is -0.118. The fourth-order valence-corrected chi connectivity index (χ4v) is 2.26. The van der Waals surface area contributed by atoms with E-state index in [4.69, 9.17) is 9.47 Å². The van der Waals surface area contributed by atoms with Crippen LogP contribution in [-0.4, -0.2) is 25.5 Å². The fraction of sp³-hybridized carbons (Fsp3) is 0.176. The molecule has 0 aliphatic carbocycles. The topological polar surface area (TPSA) is 76.7 Å². The van der Waals surface area contributed by atoms with Crippen molar-refractivity contribution >= 4 is 17.5 Å². The van der Waals surface area contributed by atoms with Gasteiger partial charge in [-0.25, -0.2) is 0 Å². The summed E-state index contributed by atoms with van der Waals surface area (Å²) in [7, 11) is 1.58. The molecule has 2 amide bonds. The van der Waals surface area contributed by atoms with Gasteiger partial charge in [-0.3, -0.25) is 9.59 Å². The van der Waals surface area contributed by atoms with Crippen molar-refractivity contribution in [2.75, 3.05) is 19.0 Å². The Morgan fingerprint density at radius 1 is 1.26 bits per heavy atom. The molecule has 2 aromatic rings. The van der Waals surface area contributed by atoms with E-state index in [1.54, 1.807) is 37.4 Å². The summed E-state index contributed by atoms with van der Waals surface area (Å²) in [5, 5.41) is 5.57. The third-order valence-electron chi connectivity index (χ3n) is 3.48. The number of amides is 2. The molecule has 0 fully saturated rings. The van der Waals surface area contributed by atoms with Gasteiger partial charge in [-0.05, 0) is 42.0 Å². The zero-order chi connectivity index (χ0) is 16.2. The molecule has 118 valence electrons. The Kier molecular flexibility index (Phi) is 4.14. The molecule has 0 spiro atoms. The SMILES string of the molecule is COc1ccc(C(=O)NCc2ccc3c(c2)OCC(=O)N3)cc1. The quantitative estimate of drug-likeness (QED) is 0.905. The van der Waals surface area contributed by atoms with E-state index >= 15 is 0 Å². The number of benzene rings is 2. The van der Waals surface area contributed by atoms with Crippen molar-refractivity contribution in [3.05, 3.63) is 53.6 Å². The van der Waals surface area contributed by atoms with Gasteiger partial charge >= 0.3 is 0 Å². The van der Waals surface area contributed by atoms with Crippen molar-refractivity contribution in [1.29, 1.82) is 0 Å². The fourth-order valence-electron chi connectivity index (χ4n) is 2.26. The van der Waals surface area contributed by atoms with E-state index in [-0.39, 0.29) is 18.4 Å². The number of ether oxygens (including phenoxy) is 2. The number of rotatable bonds is 4. The number of carbonyl (C=O) groups is 2. The summed E-state index contributed by atoms with van der Waals surface area (Å²) in [5.74, 6) is 0.980. The van der Waals surface area contributed by atoms with Crippen molar-refractivity contribution in [2.45, 2.75) is 6.54 Å². The number of hydrogen-bond acceptors (Lipinski definition) is 4. The van der Waals surface area contributed by atoms with Crippen LogP contribution in [0.2, 0.25) is 0 Å². The Hall–Kier alpha value is -3.02. The Morgan fingerprint density at radius 3 is 2.78 bits per heavy atom. The lowest BCUT2D eigenvalue weighted by Crippen LogP contribution is -2.26. The number of hydrogen-bond donors (Lipinski definition) is 2. The Bertz CT molecular complexity index is 741. The van der Waals surface area contributed by atoms with Crippen molar-refractivity contribution in [1.82, 2.24) is 5.32 Å². The highest BCUT2D eigenvalue weighted by Gasteiger charge is 2.16. The molecule has 1 aliphatic rings. The van der Waals surface area contributed by atoms with Gasteiger partial charge in [0.15, 0.2) is 6.61 Å². The van der Waals surface area contributed by atoms with Gasteiger partial charge in [-0.1, -0.05) is 6.07 Å². The largest absolute Gasteiger partial charge is 0.497 e. The zero-order valence-corrected chi connectivity index (χ0v) is 12.6. The smallest absolute Gasteiger partial charge is 0.262 e. The first-order valence-corrected chi connectivity index (χ1v) is 7.13. The van der Waals surface area contributed by atoms with Crippen LogP contribution in [-0.2, 0) is 11.3 Å². The molecule has 6 heteroatoms. The predicted molar refractivity (Wildman–Crippen MR) is 84.7 cm³/mol. The van der Waals surface area contributed by atoms with Crippen LogP contribution >= 0.6 is 0 Å². The first-order valence-electron chi connectivity index (χ1n) is 7.13. The zero-order valence-electron chi connectivity index (χ0n) is 12.6. The molecule has 0 unspecified atom stereocenters. The number of anilines is 1. The molecular formula is C17H16N2O4. The van der Waals surface area contributed by atoms with Crippen LogP contribution in [0.5, 0.6) is 11.5 Å². The van der Waals surface area contributed by atoms with Gasteiger partial charge in [0, 0.05) is 12.1 Å². The van der Waals surface area contributed by atoms with E-state index < -0.39 is 0 Å². The molecule has 0 aromatic heterocycles. The van der Waals surface area contributed by atoms with Gasteiger partial charge in [0.2, 0.25) is 0 Å². The molecule has 0 bridgehead atoms. The van der Waals surface area contributed by atoms with Crippen molar-refractivity contribution < 1.29 is 19.1 Å². The highest BCUT2D eigenvalue weighted by molar-refractivity contribution is 5.95. The third kappa shape index (κ3) is 3.42. The number of carbonyl (C=O) groups excluding carboxylic acids is 2. The molecular weight excluding hydrogens is 296 g/mol. The molecule has 23 heavy (non-hydrogen) atoms. The van der Waals surface area contributed by atoms with E-state index in [1.165, 1.54) is 0 Å². The predicted octanol–water partition coefficient (Wildman–Crippen LogP) is 1.96. The van der Waals surface area contributed by atoms with Crippen molar-refractivity contribution in [3.63, 3.8) is 0 Å². The van der Waals surface area contributed by atoms with Gasteiger partial charge in [-0.15, -0.1) is 0 Å². The van der Waals surface area contributed by atoms with Gasteiger partial charge in [0.25, 0.3) is 11.8 Å². The summed E-state index contributed by atoms with van der Waals surface area (Å²) in [6.45, 7) is 0.379. The second-order valence-electron chi connectivity index (χ2n) is 5.08. The van der Waals surface area contributed by atoms with E-state index in [2.05, 4.69) is 10.6 Å². The highest BCUT2D eigenvalue weighted by Crippen LogP contribution is 2.28. The van der Waals surface area contributed by atoms with E-state index in [0.29, 0.717) is 29.3 Å². The van der Waals surface area contributed by atoms with E-state index in [0.717, 1.165) is 5.56 Å². The van der Waals surface area contributed by atoms with Gasteiger partial charge in [0.05, 0.1) is 12.8 Å². The highest BCUT2D eigenvalue weighted by atomic mass is 16.5. The summed E-state index contributed by atoms with van der Waals surface area (Å²) in [4.78, 5) is 23.3. The molecule has 2 aromatic carbocycles. The average Bonchev–Trinajstić information content (AvgIpc) is 2.59. The maximum absolute atomic E-state index is 12.1. The monoisotopic (exact) mass is 312 g/mol. The normalized spacial score (nSPS) is 12.7. The number of nitrogens with one attached hydrogen (secondary N) is 2. The van der Waals surface area contributed by atoms with Crippen molar-refractivity contribution in [3.8, 4) is 11.5 Å². The minimum absolute atomic E-state index is 0.00859. The Morgan fingerprint density at radius 2 is 2.04 bits per heavy atom. The number of fused-ring (bicyclic) bond motifs is 1. The average molecular weight is 312 g/mol.